The van der Waals surface area contributed by atoms with Crippen LogP contribution in [-0.4, -0.2) is 18.3 Å². The summed E-state index contributed by atoms with van der Waals surface area (Å²) >= 11 is 5.02. The van der Waals surface area contributed by atoms with E-state index < -0.39 is 0 Å². The topological polar surface area (TPSA) is 21.3 Å². The summed E-state index contributed by atoms with van der Waals surface area (Å²) in [5, 5.41) is 3.39. The molecule has 1 aliphatic rings. The van der Waals surface area contributed by atoms with Crippen molar-refractivity contribution in [2.24, 2.45) is 11.3 Å². The molecule has 0 aliphatic heterocycles. The molecule has 0 aromatic rings. The maximum absolute atomic E-state index is 5.67. The molecule has 2 atom stereocenters. The van der Waals surface area contributed by atoms with Crippen LogP contribution >= 0.6 is 12.2 Å². The fraction of sp³-hybridized carbons (Fsp3) is 0.909. The first-order chi connectivity index (χ1) is 6.43. The number of nitrogens with one attached hydrogen (secondary N) is 1. The van der Waals surface area contributed by atoms with Crippen LogP contribution in [-0.2, 0) is 4.74 Å². The lowest BCUT2D eigenvalue weighted by atomic mass is 9.71. The summed E-state index contributed by atoms with van der Waals surface area (Å²) in [6.07, 6.45) is 3.83. The second kappa shape index (κ2) is 4.47. The van der Waals surface area contributed by atoms with E-state index in [2.05, 4.69) is 26.1 Å². The molecule has 1 N–H and O–H groups in total. The zero-order valence-corrected chi connectivity index (χ0v) is 10.4. The van der Waals surface area contributed by atoms with E-state index in [4.69, 9.17) is 17.0 Å². The minimum Gasteiger partial charge on any atom is -0.468 e. The predicted molar refractivity (Wildman–Crippen MR) is 63.3 cm³/mol. The summed E-state index contributed by atoms with van der Waals surface area (Å²) in [5.41, 5.74) is 0.395. The Morgan fingerprint density at radius 3 is 2.57 bits per heavy atom. The maximum atomic E-state index is 5.67. The Bertz CT molecular complexity index is 215. The van der Waals surface area contributed by atoms with Gasteiger partial charge in [-0.3, -0.25) is 0 Å². The number of thiocarbonyl (C=S) groups is 1. The number of rotatable bonds is 1. The van der Waals surface area contributed by atoms with E-state index in [9.17, 15) is 0 Å². The molecule has 82 valence electrons. The SMILES string of the molecule is CNC(=S)OC1CC(C)CC(C)(C)C1. The lowest BCUT2D eigenvalue weighted by Gasteiger charge is -2.38. The smallest absolute Gasteiger partial charge is 0.256 e. The summed E-state index contributed by atoms with van der Waals surface area (Å²) in [7, 11) is 1.81. The number of hydrogen-bond acceptors (Lipinski definition) is 2. The Labute approximate surface area is 92.4 Å². The molecule has 0 bridgehead atoms. The molecule has 2 nitrogen and oxygen atoms in total. The van der Waals surface area contributed by atoms with Crippen molar-refractivity contribution >= 4 is 17.4 Å². The minimum atomic E-state index is 0.300. The van der Waals surface area contributed by atoms with Gasteiger partial charge in [0.2, 0.25) is 0 Å². The van der Waals surface area contributed by atoms with Gasteiger partial charge in [0.1, 0.15) is 6.10 Å². The largest absolute Gasteiger partial charge is 0.468 e. The van der Waals surface area contributed by atoms with Gasteiger partial charge in [-0.1, -0.05) is 20.8 Å². The minimum absolute atomic E-state index is 0.300. The van der Waals surface area contributed by atoms with E-state index >= 15 is 0 Å². The summed E-state index contributed by atoms with van der Waals surface area (Å²) in [5.74, 6) is 0.739. The highest BCUT2D eigenvalue weighted by molar-refractivity contribution is 7.80. The van der Waals surface area contributed by atoms with Gasteiger partial charge in [0.15, 0.2) is 0 Å². The summed E-state index contributed by atoms with van der Waals surface area (Å²) in [6.45, 7) is 6.91. The molecule has 14 heavy (non-hydrogen) atoms. The first kappa shape index (κ1) is 11.8. The normalized spacial score (nSPS) is 30.9. The molecule has 1 fully saturated rings. The van der Waals surface area contributed by atoms with Crippen LogP contribution in [0.1, 0.15) is 40.0 Å². The Hall–Kier alpha value is -0.310. The van der Waals surface area contributed by atoms with Crippen molar-refractivity contribution in [3.63, 3.8) is 0 Å². The van der Waals surface area contributed by atoms with Crippen molar-refractivity contribution < 1.29 is 4.74 Å². The van der Waals surface area contributed by atoms with Gasteiger partial charge >= 0.3 is 0 Å². The van der Waals surface area contributed by atoms with Gasteiger partial charge in [-0.15, -0.1) is 0 Å². The second-order valence-electron chi connectivity index (χ2n) is 5.19. The van der Waals surface area contributed by atoms with Gasteiger partial charge in [0.05, 0.1) is 0 Å². The second-order valence-corrected chi connectivity index (χ2v) is 5.56. The Morgan fingerprint density at radius 2 is 2.07 bits per heavy atom. The quantitative estimate of drug-likeness (QED) is 0.680. The van der Waals surface area contributed by atoms with Crippen LogP contribution in [0.2, 0.25) is 0 Å². The van der Waals surface area contributed by atoms with Crippen LogP contribution in [0.25, 0.3) is 0 Å². The van der Waals surface area contributed by atoms with Gasteiger partial charge in [0.25, 0.3) is 5.17 Å². The first-order valence-corrected chi connectivity index (χ1v) is 5.72. The van der Waals surface area contributed by atoms with Crippen molar-refractivity contribution in [1.82, 2.24) is 5.32 Å². The Kier molecular flexibility index (Phi) is 3.76. The van der Waals surface area contributed by atoms with Crippen molar-refractivity contribution in [1.29, 1.82) is 0 Å². The zero-order valence-electron chi connectivity index (χ0n) is 9.59. The lowest BCUT2D eigenvalue weighted by molar-refractivity contribution is 0.0480. The molecule has 0 aromatic carbocycles. The van der Waals surface area contributed by atoms with Crippen molar-refractivity contribution in [2.45, 2.75) is 46.1 Å². The molecular formula is C11H21NOS. The molecule has 0 heterocycles. The molecular weight excluding hydrogens is 194 g/mol. The first-order valence-electron chi connectivity index (χ1n) is 5.31. The van der Waals surface area contributed by atoms with Crippen molar-refractivity contribution in [2.75, 3.05) is 7.05 Å². The molecule has 0 spiro atoms. The zero-order chi connectivity index (χ0) is 10.8. The summed E-state index contributed by atoms with van der Waals surface area (Å²) in [4.78, 5) is 0. The third-order valence-corrected chi connectivity index (χ3v) is 3.12. The lowest BCUT2D eigenvalue weighted by Crippen LogP contribution is -2.35. The molecule has 0 amide bonds. The van der Waals surface area contributed by atoms with Crippen LogP contribution in [0, 0.1) is 11.3 Å². The van der Waals surface area contributed by atoms with Crippen LogP contribution in [0.5, 0.6) is 0 Å². The van der Waals surface area contributed by atoms with E-state index in [-0.39, 0.29) is 0 Å². The monoisotopic (exact) mass is 215 g/mol. The van der Waals surface area contributed by atoms with Crippen LogP contribution in [0.3, 0.4) is 0 Å². The fourth-order valence-corrected chi connectivity index (χ4v) is 2.69. The number of hydrogen-bond donors (Lipinski definition) is 1. The van der Waals surface area contributed by atoms with E-state index in [1.54, 1.807) is 7.05 Å². The fourth-order valence-electron chi connectivity index (χ4n) is 2.56. The van der Waals surface area contributed by atoms with Gasteiger partial charge in [-0.05, 0) is 42.8 Å². The molecule has 1 aliphatic carbocycles. The third-order valence-electron chi connectivity index (χ3n) is 2.82. The highest BCUT2D eigenvalue weighted by atomic mass is 32.1. The highest BCUT2D eigenvalue weighted by Crippen LogP contribution is 2.39. The molecule has 0 aromatic heterocycles. The van der Waals surface area contributed by atoms with Gasteiger partial charge < -0.3 is 10.1 Å². The molecule has 3 heteroatoms. The van der Waals surface area contributed by atoms with E-state index in [0.717, 1.165) is 18.8 Å². The van der Waals surface area contributed by atoms with Gasteiger partial charge in [0, 0.05) is 7.05 Å². The van der Waals surface area contributed by atoms with Gasteiger partial charge in [-0.2, -0.15) is 0 Å². The average Bonchev–Trinajstić information content (AvgIpc) is 1.99. The van der Waals surface area contributed by atoms with E-state index in [1.165, 1.54) is 6.42 Å². The Morgan fingerprint density at radius 1 is 1.43 bits per heavy atom. The standard InChI is InChI=1S/C11H21NOS/c1-8-5-9(13-10(14)12-4)7-11(2,3)6-8/h8-9H,5-7H2,1-4H3,(H,12,14). The third kappa shape index (κ3) is 3.45. The van der Waals surface area contributed by atoms with Crippen LogP contribution < -0.4 is 5.32 Å². The number of ether oxygens (including phenoxy) is 1. The Balaban J connectivity index is 2.50. The van der Waals surface area contributed by atoms with Crippen LogP contribution in [0.4, 0.5) is 0 Å². The summed E-state index contributed by atoms with van der Waals surface area (Å²) < 4.78 is 5.67. The molecule has 1 rings (SSSR count). The molecule has 1 saturated carbocycles. The molecule has 2 unspecified atom stereocenters. The van der Waals surface area contributed by atoms with Crippen molar-refractivity contribution in [3.05, 3.63) is 0 Å². The van der Waals surface area contributed by atoms with E-state index in [0.29, 0.717) is 16.7 Å². The molecule has 0 radical (unpaired) electrons. The maximum Gasteiger partial charge on any atom is 0.256 e. The summed E-state index contributed by atoms with van der Waals surface area (Å²) in [6, 6.07) is 0. The predicted octanol–water partition coefficient (Wildman–Crippen LogP) is 2.72. The van der Waals surface area contributed by atoms with Crippen molar-refractivity contribution in [3.8, 4) is 0 Å². The van der Waals surface area contributed by atoms with Gasteiger partial charge in [-0.25, -0.2) is 0 Å². The average molecular weight is 215 g/mol. The molecule has 0 saturated heterocycles. The highest BCUT2D eigenvalue weighted by Gasteiger charge is 2.33. The van der Waals surface area contributed by atoms with Crippen LogP contribution in [0.15, 0.2) is 0 Å². The van der Waals surface area contributed by atoms with E-state index in [1.807, 2.05) is 0 Å².